The fraction of sp³-hybridized carbons (Fsp3) is 0.471. The number of hydrogen-bond donors (Lipinski definition) is 1. The number of thiazole rings is 1. The number of aryl methyl sites for hydroxylation is 1. The van der Waals surface area contributed by atoms with Crippen LogP contribution in [-0.4, -0.2) is 29.2 Å². The van der Waals surface area contributed by atoms with Crippen LogP contribution < -0.4 is 5.32 Å². The molecule has 3 rings (SSSR count). The highest BCUT2D eigenvalue weighted by Crippen LogP contribution is 2.15. The first-order valence-electron chi connectivity index (χ1n) is 7.85. The molecule has 1 aliphatic heterocycles. The molecule has 1 aliphatic rings. The van der Waals surface area contributed by atoms with Crippen molar-refractivity contribution in [2.75, 3.05) is 13.1 Å². The summed E-state index contributed by atoms with van der Waals surface area (Å²) in [5.41, 5.74) is 4.30. The number of aromatic nitrogens is 1. The average molecular weight is 317 g/mol. The number of benzene rings is 1. The van der Waals surface area contributed by atoms with Gasteiger partial charge in [0.15, 0.2) is 0 Å². The second kappa shape index (κ2) is 7.83. The third kappa shape index (κ3) is 4.36. The first kappa shape index (κ1) is 15.6. The second-order valence-corrected chi connectivity index (χ2v) is 6.64. The van der Waals surface area contributed by atoms with Gasteiger partial charge in [-0.25, -0.2) is 4.98 Å². The van der Waals surface area contributed by atoms with Gasteiger partial charge < -0.3 is 5.32 Å². The highest BCUT2D eigenvalue weighted by Gasteiger charge is 2.19. The van der Waals surface area contributed by atoms with Gasteiger partial charge in [-0.15, -0.1) is 11.3 Å². The SMILES string of the molecule is Cc1ncsc1CNC1CCN(OCc2ccccc2)CC1. The van der Waals surface area contributed by atoms with Gasteiger partial charge in [-0.1, -0.05) is 30.3 Å². The molecule has 0 unspecified atom stereocenters. The van der Waals surface area contributed by atoms with Crippen LogP contribution in [0.15, 0.2) is 35.8 Å². The van der Waals surface area contributed by atoms with Gasteiger partial charge in [0.05, 0.1) is 17.8 Å². The molecular weight excluding hydrogens is 294 g/mol. The molecule has 22 heavy (non-hydrogen) atoms. The summed E-state index contributed by atoms with van der Waals surface area (Å²) < 4.78 is 0. The van der Waals surface area contributed by atoms with Gasteiger partial charge in [0.1, 0.15) is 0 Å². The summed E-state index contributed by atoms with van der Waals surface area (Å²) in [6, 6.07) is 10.9. The molecule has 0 radical (unpaired) electrons. The van der Waals surface area contributed by atoms with Crippen molar-refractivity contribution in [3.63, 3.8) is 0 Å². The van der Waals surface area contributed by atoms with Crippen LogP contribution in [-0.2, 0) is 18.0 Å². The van der Waals surface area contributed by atoms with Crippen molar-refractivity contribution in [2.45, 2.75) is 39.0 Å². The minimum Gasteiger partial charge on any atom is -0.309 e. The van der Waals surface area contributed by atoms with E-state index in [0.717, 1.165) is 38.2 Å². The smallest absolute Gasteiger partial charge is 0.0935 e. The summed E-state index contributed by atoms with van der Waals surface area (Å²) in [6.45, 7) is 5.66. The Morgan fingerprint density at radius 1 is 1.27 bits per heavy atom. The van der Waals surface area contributed by atoms with E-state index in [9.17, 15) is 0 Å². The van der Waals surface area contributed by atoms with E-state index in [1.807, 2.05) is 11.6 Å². The van der Waals surface area contributed by atoms with E-state index in [1.54, 1.807) is 11.3 Å². The summed E-state index contributed by atoms with van der Waals surface area (Å²) >= 11 is 1.74. The van der Waals surface area contributed by atoms with E-state index >= 15 is 0 Å². The molecule has 0 spiro atoms. The molecule has 4 nitrogen and oxygen atoms in total. The normalized spacial score (nSPS) is 17.0. The predicted octanol–water partition coefficient (Wildman–Crippen LogP) is 3.14. The zero-order valence-electron chi connectivity index (χ0n) is 13.0. The van der Waals surface area contributed by atoms with E-state index in [2.05, 4.69) is 46.6 Å². The van der Waals surface area contributed by atoms with Crippen LogP contribution in [0.25, 0.3) is 0 Å². The molecule has 1 saturated heterocycles. The molecule has 1 N–H and O–H groups in total. The summed E-state index contributed by atoms with van der Waals surface area (Å²) in [5, 5.41) is 5.75. The molecule has 0 aliphatic carbocycles. The minimum absolute atomic E-state index is 0.582. The number of hydrogen-bond acceptors (Lipinski definition) is 5. The van der Waals surface area contributed by atoms with Crippen molar-refractivity contribution < 1.29 is 4.84 Å². The molecule has 0 amide bonds. The van der Waals surface area contributed by atoms with Gasteiger partial charge in [-0.2, -0.15) is 5.06 Å². The van der Waals surface area contributed by atoms with E-state index in [4.69, 9.17) is 4.84 Å². The van der Waals surface area contributed by atoms with Crippen LogP contribution in [0.1, 0.15) is 29.0 Å². The fourth-order valence-electron chi connectivity index (χ4n) is 2.66. The molecule has 1 aromatic heterocycles. The topological polar surface area (TPSA) is 37.4 Å². The largest absolute Gasteiger partial charge is 0.309 e. The van der Waals surface area contributed by atoms with Crippen LogP contribution >= 0.6 is 11.3 Å². The number of hydroxylamine groups is 2. The number of piperidine rings is 1. The van der Waals surface area contributed by atoms with Crippen LogP contribution in [0.4, 0.5) is 0 Å². The maximum Gasteiger partial charge on any atom is 0.0935 e. The Morgan fingerprint density at radius 3 is 2.73 bits per heavy atom. The van der Waals surface area contributed by atoms with Crippen molar-refractivity contribution in [2.24, 2.45) is 0 Å². The Labute approximate surface area is 136 Å². The van der Waals surface area contributed by atoms with Gasteiger partial charge in [0.2, 0.25) is 0 Å². The standard InChI is InChI=1S/C17H23N3OS/c1-14-17(22-13-19-14)11-18-16-7-9-20(10-8-16)21-12-15-5-3-2-4-6-15/h2-6,13,16,18H,7-12H2,1H3. The summed E-state index contributed by atoms with van der Waals surface area (Å²) in [4.78, 5) is 11.5. The van der Waals surface area contributed by atoms with Crippen molar-refractivity contribution in [3.8, 4) is 0 Å². The quantitative estimate of drug-likeness (QED) is 0.888. The average Bonchev–Trinajstić information content (AvgIpc) is 2.98. The van der Waals surface area contributed by atoms with Crippen molar-refractivity contribution >= 4 is 11.3 Å². The van der Waals surface area contributed by atoms with E-state index in [1.165, 1.54) is 10.4 Å². The van der Waals surface area contributed by atoms with Crippen LogP contribution in [0.2, 0.25) is 0 Å². The van der Waals surface area contributed by atoms with Crippen LogP contribution in [0.3, 0.4) is 0 Å². The third-order valence-electron chi connectivity index (χ3n) is 4.11. The molecule has 2 heterocycles. The Balaban J connectivity index is 1.36. The molecule has 2 aromatic rings. The van der Waals surface area contributed by atoms with Crippen LogP contribution in [0.5, 0.6) is 0 Å². The highest BCUT2D eigenvalue weighted by atomic mass is 32.1. The van der Waals surface area contributed by atoms with Gasteiger partial charge in [-0.3, -0.25) is 4.84 Å². The number of nitrogens with zero attached hydrogens (tertiary/aromatic N) is 2. The Hall–Kier alpha value is -1.27. The monoisotopic (exact) mass is 317 g/mol. The van der Waals surface area contributed by atoms with Gasteiger partial charge >= 0.3 is 0 Å². The van der Waals surface area contributed by atoms with Crippen LogP contribution in [0, 0.1) is 6.92 Å². The van der Waals surface area contributed by atoms with Gasteiger partial charge in [0, 0.05) is 30.6 Å². The Kier molecular flexibility index (Phi) is 5.56. The molecule has 1 aromatic carbocycles. The maximum atomic E-state index is 5.88. The third-order valence-corrected chi connectivity index (χ3v) is 5.04. The molecule has 5 heteroatoms. The zero-order valence-corrected chi connectivity index (χ0v) is 13.8. The molecule has 0 saturated carbocycles. The molecule has 1 fully saturated rings. The lowest BCUT2D eigenvalue weighted by molar-refractivity contribution is -0.181. The lowest BCUT2D eigenvalue weighted by Crippen LogP contribution is -2.42. The van der Waals surface area contributed by atoms with Crippen molar-refractivity contribution in [1.82, 2.24) is 15.4 Å². The minimum atomic E-state index is 0.582. The second-order valence-electron chi connectivity index (χ2n) is 5.70. The van der Waals surface area contributed by atoms with Crippen molar-refractivity contribution in [1.29, 1.82) is 0 Å². The lowest BCUT2D eigenvalue weighted by Gasteiger charge is -2.31. The van der Waals surface area contributed by atoms with Crippen molar-refractivity contribution in [3.05, 3.63) is 52.0 Å². The molecule has 0 bridgehead atoms. The highest BCUT2D eigenvalue weighted by molar-refractivity contribution is 7.09. The van der Waals surface area contributed by atoms with Gasteiger partial charge in [0.25, 0.3) is 0 Å². The number of nitrogens with one attached hydrogen (secondary N) is 1. The van der Waals surface area contributed by atoms with E-state index in [0.29, 0.717) is 12.6 Å². The number of rotatable bonds is 6. The zero-order chi connectivity index (χ0) is 15.2. The fourth-order valence-corrected chi connectivity index (χ4v) is 3.39. The molecule has 118 valence electrons. The molecule has 0 atom stereocenters. The summed E-state index contributed by atoms with van der Waals surface area (Å²) in [5.74, 6) is 0. The van der Waals surface area contributed by atoms with E-state index in [-0.39, 0.29) is 0 Å². The summed E-state index contributed by atoms with van der Waals surface area (Å²) in [6.07, 6.45) is 2.26. The lowest BCUT2D eigenvalue weighted by atomic mass is 10.1. The molecular formula is C17H23N3OS. The van der Waals surface area contributed by atoms with E-state index < -0.39 is 0 Å². The first-order chi connectivity index (χ1) is 10.8. The first-order valence-corrected chi connectivity index (χ1v) is 8.73. The van der Waals surface area contributed by atoms with Gasteiger partial charge in [-0.05, 0) is 25.3 Å². The summed E-state index contributed by atoms with van der Waals surface area (Å²) in [7, 11) is 0. The Morgan fingerprint density at radius 2 is 2.05 bits per heavy atom. The predicted molar refractivity (Wildman–Crippen MR) is 89.5 cm³/mol. The maximum absolute atomic E-state index is 5.88. The Bertz CT molecular complexity index is 564.